The Bertz CT molecular complexity index is 1040. The van der Waals surface area contributed by atoms with Gasteiger partial charge in [0, 0.05) is 5.56 Å². The van der Waals surface area contributed by atoms with Crippen molar-refractivity contribution < 1.29 is 23.8 Å². The Kier molecular flexibility index (Phi) is 8.09. The summed E-state index contributed by atoms with van der Waals surface area (Å²) in [6.07, 6.45) is 1.68. The lowest BCUT2D eigenvalue weighted by Gasteiger charge is -2.11. The lowest BCUT2D eigenvalue weighted by Crippen LogP contribution is -2.15. The number of carbonyl (C=O) groups excluding carboxylic acids is 2. The fraction of sp³-hybridized carbons (Fsp3) is 0.261. The predicted octanol–water partition coefficient (Wildman–Crippen LogP) is 5.31. The molecule has 0 bridgehead atoms. The Labute approximate surface area is 208 Å². The minimum atomic E-state index is -0.490. The largest absolute Gasteiger partial charge is 0.480 e. The highest BCUT2D eigenvalue weighted by Gasteiger charge is 2.24. The topological polar surface area (TPSA) is 74.2 Å². The molecule has 3 rings (SSSR count). The van der Waals surface area contributed by atoms with E-state index in [0.29, 0.717) is 24.2 Å². The first-order chi connectivity index (χ1) is 14.8. The molecule has 2 aromatic rings. The molecule has 0 fully saturated rings. The van der Waals surface area contributed by atoms with Gasteiger partial charge < -0.3 is 14.2 Å². The lowest BCUT2D eigenvalue weighted by atomic mass is 10.0. The summed E-state index contributed by atoms with van der Waals surface area (Å²) >= 11 is 4.26. The van der Waals surface area contributed by atoms with Gasteiger partial charge in [0.2, 0.25) is 5.90 Å². The van der Waals surface area contributed by atoms with Crippen LogP contribution in [0.15, 0.2) is 47.1 Å². The number of halogens is 2. The third kappa shape index (κ3) is 6.06. The molecule has 0 saturated heterocycles. The van der Waals surface area contributed by atoms with E-state index < -0.39 is 11.9 Å². The molecule has 2 aromatic carbocycles. The summed E-state index contributed by atoms with van der Waals surface area (Å²) in [6, 6.07) is 11.6. The number of cyclic esters (lactones) is 1. The van der Waals surface area contributed by atoms with Crippen molar-refractivity contribution in [1.82, 2.24) is 0 Å². The highest BCUT2D eigenvalue weighted by Crippen LogP contribution is 2.30. The van der Waals surface area contributed by atoms with Gasteiger partial charge in [-0.1, -0.05) is 26.0 Å². The van der Waals surface area contributed by atoms with Crippen LogP contribution in [0.5, 0.6) is 5.75 Å². The van der Waals surface area contributed by atoms with Gasteiger partial charge in [0.05, 0.1) is 13.7 Å². The molecule has 0 atom stereocenters. The average molecular weight is 645 g/mol. The molecule has 0 radical (unpaired) electrons. The number of aliphatic imine (C=N–C) groups is 1. The van der Waals surface area contributed by atoms with E-state index in [9.17, 15) is 9.59 Å². The SMILES string of the molecule is CCOC(=O)COc1c(I)cc(/C=C2/N=C(c3ccc(C(C)C)cc3)OC2=O)cc1I. The first kappa shape index (κ1) is 23.7. The van der Waals surface area contributed by atoms with Gasteiger partial charge in [-0.05, 0) is 99.5 Å². The van der Waals surface area contributed by atoms with Crippen LogP contribution < -0.4 is 4.74 Å². The van der Waals surface area contributed by atoms with E-state index in [0.717, 1.165) is 18.3 Å². The second-order valence-corrected chi connectivity index (χ2v) is 9.34. The van der Waals surface area contributed by atoms with E-state index >= 15 is 0 Å². The molecule has 6 nitrogen and oxygen atoms in total. The zero-order valence-electron chi connectivity index (χ0n) is 17.3. The van der Waals surface area contributed by atoms with Gasteiger partial charge in [-0.15, -0.1) is 0 Å². The molecule has 0 aliphatic carbocycles. The normalized spacial score (nSPS) is 14.6. The zero-order chi connectivity index (χ0) is 22.5. The molecule has 8 heteroatoms. The highest BCUT2D eigenvalue weighted by atomic mass is 127. The van der Waals surface area contributed by atoms with Crippen molar-refractivity contribution in [3.63, 3.8) is 0 Å². The highest BCUT2D eigenvalue weighted by molar-refractivity contribution is 14.1. The van der Waals surface area contributed by atoms with Gasteiger partial charge in [0.15, 0.2) is 12.3 Å². The first-order valence-corrected chi connectivity index (χ1v) is 11.8. The number of hydrogen-bond donors (Lipinski definition) is 0. The lowest BCUT2D eigenvalue weighted by molar-refractivity contribution is -0.145. The minimum absolute atomic E-state index is 0.157. The average Bonchev–Trinajstić information content (AvgIpc) is 3.08. The second kappa shape index (κ2) is 10.6. The van der Waals surface area contributed by atoms with Crippen molar-refractivity contribution >= 4 is 69.1 Å². The number of rotatable bonds is 7. The van der Waals surface area contributed by atoms with E-state index in [2.05, 4.69) is 64.0 Å². The maximum atomic E-state index is 12.3. The summed E-state index contributed by atoms with van der Waals surface area (Å²) in [4.78, 5) is 28.3. The van der Waals surface area contributed by atoms with E-state index in [4.69, 9.17) is 14.2 Å². The summed E-state index contributed by atoms with van der Waals surface area (Å²) in [7, 11) is 0. The van der Waals surface area contributed by atoms with Crippen LogP contribution in [0.3, 0.4) is 0 Å². The molecule has 1 aliphatic rings. The Morgan fingerprint density at radius 3 is 2.39 bits per heavy atom. The molecule has 0 aromatic heterocycles. The van der Waals surface area contributed by atoms with E-state index in [1.165, 1.54) is 5.56 Å². The smallest absolute Gasteiger partial charge is 0.363 e. The summed E-state index contributed by atoms with van der Waals surface area (Å²) in [6.45, 7) is 6.15. The standard InChI is InChI=1S/C23H21I2NO5/c1-4-29-20(27)12-30-21-17(24)9-14(10-18(21)25)11-19-23(28)31-22(26-19)16-7-5-15(6-8-16)13(2)3/h5-11,13H,4,12H2,1-3H3/b19-11+. The molecular weight excluding hydrogens is 624 g/mol. The van der Waals surface area contributed by atoms with Crippen molar-refractivity contribution in [3.8, 4) is 5.75 Å². The van der Waals surface area contributed by atoms with Crippen molar-refractivity contribution in [1.29, 1.82) is 0 Å². The Balaban J connectivity index is 1.80. The number of benzene rings is 2. The summed E-state index contributed by atoms with van der Waals surface area (Å²) < 4.78 is 17.5. The molecule has 1 heterocycles. The van der Waals surface area contributed by atoms with Crippen LogP contribution in [0.1, 0.15) is 43.4 Å². The number of nitrogens with zero attached hydrogens (tertiary/aromatic N) is 1. The number of esters is 2. The van der Waals surface area contributed by atoms with Crippen LogP contribution >= 0.6 is 45.2 Å². The van der Waals surface area contributed by atoms with Crippen LogP contribution in [0, 0.1) is 7.14 Å². The van der Waals surface area contributed by atoms with Gasteiger partial charge in [0.25, 0.3) is 0 Å². The maximum absolute atomic E-state index is 12.3. The maximum Gasteiger partial charge on any atom is 0.363 e. The van der Waals surface area contributed by atoms with Gasteiger partial charge in [-0.25, -0.2) is 14.6 Å². The molecular formula is C23H21I2NO5. The molecule has 0 spiro atoms. The van der Waals surface area contributed by atoms with Crippen LogP contribution in [-0.4, -0.2) is 31.1 Å². The van der Waals surface area contributed by atoms with Gasteiger partial charge in [0.1, 0.15) is 5.75 Å². The number of carbonyl (C=O) groups is 2. The number of hydrogen-bond acceptors (Lipinski definition) is 6. The molecule has 1 aliphatic heterocycles. The quantitative estimate of drug-likeness (QED) is 0.232. The van der Waals surface area contributed by atoms with E-state index in [1.54, 1.807) is 13.0 Å². The Morgan fingerprint density at radius 2 is 1.81 bits per heavy atom. The van der Waals surface area contributed by atoms with Crippen molar-refractivity contribution in [3.05, 3.63) is 65.9 Å². The van der Waals surface area contributed by atoms with E-state index in [-0.39, 0.29) is 12.3 Å². The Morgan fingerprint density at radius 1 is 1.16 bits per heavy atom. The van der Waals surface area contributed by atoms with Gasteiger partial charge in [-0.2, -0.15) is 0 Å². The third-order valence-corrected chi connectivity index (χ3v) is 6.01. The van der Waals surface area contributed by atoms with Crippen LogP contribution in [-0.2, 0) is 19.1 Å². The summed E-state index contributed by atoms with van der Waals surface area (Å²) in [5.74, 6) is 0.407. The van der Waals surface area contributed by atoms with Gasteiger partial charge in [-0.3, -0.25) is 0 Å². The summed E-state index contributed by atoms with van der Waals surface area (Å²) in [5, 5.41) is 0. The van der Waals surface area contributed by atoms with Crippen molar-refractivity contribution in [2.75, 3.05) is 13.2 Å². The summed E-state index contributed by atoms with van der Waals surface area (Å²) in [5.41, 5.74) is 2.98. The molecule has 0 amide bonds. The molecule has 31 heavy (non-hydrogen) atoms. The molecule has 162 valence electrons. The molecule has 0 unspecified atom stereocenters. The van der Waals surface area contributed by atoms with Crippen LogP contribution in [0.25, 0.3) is 6.08 Å². The van der Waals surface area contributed by atoms with E-state index in [1.807, 2.05) is 36.4 Å². The number of ether oxygens (including phenoxy) is 3. The van der Waals surface area contributed by atoms with Crippen molar-refractivity contribution in [2.24, 2.45) is 4.99 Å². The van der Waals surface area contributed by atoms with Gasteiger partial charge >= 0.3 is 11.9 Å². The Hall–Kier alpha value is -1.95. The fourth-order valence-electron chi connectivity index (χ4n) is 2.84. The zero-order valence-corrected chi connectivity index (χ0v) is 21.6. The molecule has 0 saturated carbocycles. The van der Waals surface area contributed by atoms with Crippen LogP contribution in [0.2, 0.25) is 0 Å². The predicted molar refractivity (Wildman–Crippen MR) is 135 cm³/mol. The fourth-order valence-corrected chi connectivity index (χ4v) is 4.96. The minimum Gasteiger partial charge on any atom is -0.480 e. The third-order valence-electron chi connectivity index (χ3n) is 4.41. The first-order valence-electron chi connectivity index (χ1n) is 9.68. The van der Waals surface area contributed by atoms with Crippen LogP contribution in [0.4, 0.5) is 0 Å². The molecule has 0 N–H and O–H groups in total. The van der Waals surface area contributed by atoms with Crippen molar-refractivity contribution in [2.45, 2.75) is 26.7 Å². The monoisotopic (exact) mass is 645 g/mol. The second-order valence-electron chi connectivity index (χ2n) is 7.02.